The monoisotopic (exact) mass is 486 g/mol. The summed E-state index contributed by atoms with van der Waals surface area (Å²) >= 11 is 0. The molecule has 5 N–H and O–H groups in total. The highest BCUT2D eigenvalue weighted by atomic mass is 16.5. The van der Waals surface area contributed by atoms with Crippen LogP contribution in [0.5, 0.6) is 0 Å². The van der Waals surface area contributed by atoms with Crippen molar-refractivity contribution in [1.29, 1.82) is 0 Å². The number of allylic oxidation sites excluding steroid dienone is 1. The van der Waals surface area contributed by atoms with Crippen LogP contribution in [0.1, 0.15) is 65.0 Å². The van der Waals surface area contributed by atoms with Gasteiger partial charge in [-0.2, -0.15) is 0 Å². The first-order valence-corrected chi connectivity index (χ1v) is 12.5. The zero-order chi connectivity index (χ0) is 27.2. The van der Waals surface area contributed by atoms with Crippen LogP contribution in [0.2, 0.25) is 0 Å². The second-order valence-corrected chi connectivity index (χ2v) is 7.87. The predicted molar refractivity (Wildman–Crippen MR) is 156 cm³/mol. The summed E-state index contributed by atoms with van der Waals surface area (Å²) in [4.78, 5) is 11.4. The van der Waals surface area contributed by atoms with Crippen molar-refractivity contribution in [2.24, 2.45) is 0 Å². The quantitative estimate of drug-likeness (QED) is 0.210. The molecule has 35 heavy (non-hydrogen) atoms. The molecule has 0 aliphatic rings. The number of carbonyl (C=O) groups is 1. The maximum atomic E-state index is 9.17. The minimum Gasteiger partial charge on any atom is -0.496 e. The van der Waals surface area contributed by atoms with Crippen LogP contribution in [0.25, 0.3) is 5.76 Å². The average Bonchev–Trinajstić information content (AvgIpc) is 2.86. The first kappa shape index (κ1) is 34.2. The molecule has 1 unspecified atom stereocenters. The third-order valence-electron chi connectivity index (χ3n) is 4.90. The van der Waals surface area contributed by atoms with Gasteiger partial charge in [0.25, 0.3) is 0 Å². The van der Waals surface area contributed by atoms with Gasteiger partial charge in [0.15, 0.2) is 0 Å². The van der Waals surface area contributed by atoms with Crippen molar-refractivity contribution in [3.8, 4) is 0 Å². The maximum absolute atomic E-state index is 9.17. The van der Waals surface area contributed by atoms with E-state index >= 15 is 0 Å². The van der Waals surface area contributed by atoms with Crippen molar-refractivity contribution < 1.29 is 9.53 Å². The number of benzene rings is 2. The van der Waals surface area contributed by atoms with E-state index in [0.717, 1.165) is 54.1 Å². The van der Waals surface area contributed by atoms with Gasteiger partial charge in [-0.15, -0.1) is 0 Å². The minimum absolute atomic E-state index is 0.572. The highest BCUT2D eigenvalue weighted by Gasteiger charge is 2.07. The number of anilines is 3. The number of nitrogens with one attached hydrogen (secondary N) is 1. The smallest absolute Gasteiger partial charge is 0.124 e. The van der Waals surface area contributed by atoms with Crippen LogP contribution >= 0.6 is 0 Å². The maximum Gasteiger partial charge on any atom is 0.124 e. The molecule has 198 valence electrons. The van der Waals surface area contributed by atoms with E-state index < -0.39 is 0 Å². The molecule has 2 aromatic rings. The summed E-state index contributed by atoms with van der Waals surface area (Å²) in [5.41, 5.74) is 16.4. The molecule has 0 aliphatic carbocycles. The summed E-state index contributed by atoms with van der Waals surface area (Å²) in [6.45, 7) is 13.1. The Balaban J connectivity index is 0. The van der Waals surface area contributed by atoms with Gasteiger partial charge in [-0.05, 0) is 81.9 Å². The van der Waals surface area contributed by atoms with E-state index in [0.29, 0.717) is 12.5 Å². The molecule has 0 radical (unpaired) electrons. The second-order valence-electron chi connectivity index (χ2n) is 7.87. The molecule has 0 saturated heterocycles. The molecule has 0 heterocycles. The molecule has 0 amide bonds. The number of aldehydes is 1. The summed E-state index contributed by atoms with van der Waals surface area (Å²) in [5.74, 6) is 0.852. The molecular weight excluding hydrogens is 436 g/mol. The Labute approximate surface area is 214 Å². The molecule has 6 heteroatoms. The Kier molecular flexibility index (Phi) is 21.0. The number of methoxy groups -OCH3 is 1. The van der Waals surface area contributed by atoms with Crippen molar-refractivity contribution >= 4 is 29.1 Å². The summed E-state index contributed by atoms with van der Waals surface area (Å²) in [6.07, 6.45) is 5.63. The van der Waals surface area contributed by atoms with E-state index in [1.54, 1.807) is 7.11 Å². The van der Waals surface area contributed by atoms with Gasteiger partial charge in [0.2, 0.25) is 0 Å². The Morgan fingerprint density at radius 2 is 1.60 bits per heavy atom. The van der Waals surface area contributed by atoms with Gasteiger partial charge >= 0.3 is 0 Å². The van der Waals surface area contributed by atoms with Gasteiger partial charge in [0.1, 0.15) is 12.0 Å². The van der Waals surface area contributed by atoms with Crippen molar-refractivity contribution in [1.82, 2.24) is 4.90 Å². The first-order chi connectivity index (χ1) is 16.7. The lowest BCUT2D eigenvalue weighted by molar-refractivity contribution is -0.107. The fourth-order valence-corrected chi connectivity index (χ4v) is 2.92. The highest BCUT2D eigenvalue weighted by Crippen LogP contribution is 2.23. The summed E-state index contributed by atoms with van der Waals surface area (Å²) < 4.78 is 5.28. The number of nitrogens with two attached hydrogens (primary N) is 2. The number of ether oxygens (including phenoxy) is 1. The SMILES string of the molecule is CC.CC/C=C(\OC)c1ccc(C)cc1N.CCC(CNc1ccc(N)cc1)N(C)C.CCC=O. The van der Waals surface area contributed by atoms with Crippen LogP contribution in [0.4, 0.5) is 17.1 Å². The standard InChI is InChI=1S/C12H21N3.C12H17NO.C3H6O.C2H6/c1-4-12(15(2)3)9-14-11-7-5-10(13)6-8-11;1-4-5-12(14-3)10-7-6-9(2)8-11(10)13;1-2-3-4;1-2/h5-8,12,14H,4,9,13H2,1-3H3;5-8H,4,13H2,1-3H3;3H,2H2,1H3;1-2H3/b;12-5-;;. The van der Waals surface area contributed by atoms with E-state index in [1.165, 1.54) is 5.56 Å². The summed E-state index contributed by atoms with van der Waals surface area (Å²) in [6, 6.07) is 14.4. The largest absolute Gasteiger partial charge is 0.496 e. The van der Waals surface area contributed by atoms with E-state index in [9.17, 15) is 4.79 Å². The van der Waals surface area contributed by atoms with Gasteiger partial charge in [-0.3, -0.25) is 0 Å². The first-order valence-electron chi connectivity index (χ1n) is 12.5. The number of carbonyl (C=O) groups excluding carboxylic acids is 1. The number of hydrogen-bond acceptors (Lipinski definition) is 6. The Morgan fingerprint density at radius 3 is 2.00 bits per heavy atom. The van der Waals surface area contributed by atoms with E-state index in [1.807, 2.05) is 76.2 Å². The fraction of sp³-hybridized carbons (Fsp3) is 0.483. The lowest BCUT2D eigenvalue weighted by atomic mass is 10.1. The van der Waals surface area contributed by atoms with E-state index in [4.69, 9.17) is 16.2 Å². The van der Waals surface area contributed by atoms with E-state index in [-0.39, 0.29) is 0 Å². The molecular formula is C29H50N4O2. The number of likely N-dealkylation sites (N-methyl/N-ethyl adjacent to an activating group) is 1. The van der Waals surface area contributed by atoms with Crippen LogP contribution in [0.3, 0.4) is 0 Å². The number of hydrogen-bond donors (Lipinski definition) is 3. The number of nitrogen functional groups attached to an aromatic ring is 2. The van der Waals surface area contributed by atoms with Crippen LogP contribution in [0, 0.1) is 6.92 Å². The van der Waals surface area contributed by atoms with Crippen molar-refractivity contribution in [3.63, 3.8) is 0 Å². The molecule has 0 aromatic heterocycles. The van der Waals surface area contributed by atoms with Crippen LogP contribution in [-0.2, 0) is 9.53 Å². The third-order valence-corrected chi connectivity index (χ3v) is 4.90. The zero-order valence-corrected chi connectivity index (χ0v) is 23.5. The predicted octanol–water partition coefficient (Wildman–Crippen LogP) is 6.62. The van der Waals surface area contributed by atoms with E-state index in [2.05, 4.69) is 38.2 Å². The minimum atomic E-state index is 0.572. The van der Waals surface area contributed by atoms with Crippen LogP contribution in [-0.4, -0.2) is 45.0 Å². The molecule has 1 atom stereocenters. The third kappa shape index (κ3) is 15.5. The Morgan fingerprint density at radius 1 is 1.03 bits per heavy atom. The molecule has 0 saturated carbocycles. The van der Waals surface area contributed by atoms with Crippen molar-refractivity contribution in [2.75, 3.05) is 44.5 Å². The number of aryl methyl sites for hydroxylation is 1. The molecule has 0 spiro atoms. The zero-order valence-electron chi connectivity index (χ0n) is 23.5. The highest BCUT2D eigenvalue weighted by molar-refractivity contribution is 5.71. The molecule has 6 nitrogen and oxygen atoms in total. The lowest BCUT2D eigenvalue weighted by Crippen LogP contribution is -2.33. The molecule has 2 rings (SSSR count). The Hall–Kier alpha value is -2.99. The molecule has 0 fully saturated rings. The van der Waals surface area contributed by atoms with Gasteiger partial charge in [0, 0.05) is 41.6 Å². The topological polar surface area (TPSA) is 93.6 Å². The van der Waals surface area contributed by atoms with Crippen molar-refractivity contribution in [3.05, 3.63) is 59.7 Å². The number of rotatable bonds is 9. The van der Waals surface area contributed by atoms with Gasteiger partial charge < -0.3 is 31.2 Å². The Bertz CT molecular complexity index is 818. The normalized spacial score (nSPS) is 11.0. The summed E-state index contributed by atoms with van der Waals surface area (Å²) in [5, 5.41) is 3.41. The average molecular weight is 487 g/mol. The van der Waals surface area contributed by atoms with Crippen LogP contribution in [0.15, 0.2) is 48.5 Å². The van der Waals surface area contributed by atoms with Gasteiger partial charge in [-0.25, -0.2) is 0 Å². The molecule has 2 aromatic carbocycles. The van der Waals surface area contributed by atoms with Gasteiger partial charge in [0.05, 0.1) is 7.11 Å². The van der Waals surface area contributed by atoms with Crippen LogP contribution < -0.4 is 16.8 Å². The summed E-state index contributed by atoms with van der Waals surface area (Å²) in [7, 11) is 5.89. The second kappa shape index (κ2) is 21.5. The molecule has 0 bridgehead atoms. The van der Waals surface area contributed by atoms with Gasteiger partial charge in [-0.1, -0.05) is 40.7 Å². The van der Waals surface area contributed by atoms with Crippen molar-refractivity contribution in [2.45, 2.75) is 66.8 Å². The number of nitrogens with zero attached hydrogens (tertiary/aromatic N) is 1. The molecule has 0 aliphatic heterocycles. The lowest BCUT2D eigenvalue weighted by Gasteiger charge is -2.23. The fourth-order valence-electron chi connectivity index (χ4n) is 2.92.